The zero-order chi connectivity index (χ0) is 10.3. The van der Waals surface area contributed by atoms with Crippen LogP contribution in [0.2, 0.25) is 0 Å². The molecule has 13 heavy (non-hydrogen) atoms. The Morgan fingerprint density at radius 1 is 1.38 bits per heavy atom. The van der Waals surface area contributed by atoms with E-state index in [9.17, 15) is 9.59 Å². The van der Waals surface area contributed by atoms with Gasteiger partial charge in [-0.25, -0.2) is 4.79 Å². The Labute approximate surface area is 80.4 Å². The fourth-order valence-electron chi connectivity index (χ4n) is 0.401. The van der Waals surface area contributed by atoms with E-state index >= 15 is 0 Å². The van der Waals surface area contributed by atoms with Crippen LogP contribution in [0.25, 0.3) is 0 Å². The van der Waals surface area contributed by atoms with E-state index in [0.717, 1.165) is 0 Å². The molecule has 0 radical (unpaired) electrons. The quantitative estimate of drug-likeness (QED) is 0.259. The summed E-state index contributed by atoms with van der Waals surface area (Å²) in [7, 11) is 1.60. The molecule has 8 heteroatoms. The van der Waals surface area contributed by atoms with Crippen LogP contribution in [0.15, 0.2) is 0 Å². The van der Waals surface area contributed by atoms with Crippen molar-refractivity contribution in [3.05, 3.63) is 0 Å². The Morgan fingerprint density at radius 2 is 2.00 bits per heavy atom. The molecule has 0 aliphatic carbocycles. The first-order chi connectivity index (χ1) is 6.06. The average Bonchev–Trinajstić information content (AvgIpc) is 2.10. The standard InChI is InChI=1S/C5H11N5O2S/c1-7-5(13)10-9-3(11)2-8-4(6)12/h2H2,1H3,(H,9,11)(H3,6,8,12)(H2,7,10,13). The largest absolute Gasteiger partial charge is 0.364 e. The summed E-state index contributed by atoms with van der Waals surface area (Å²) in [5, 5.41) is 4.96. The Bertz CT molecular complexity index is 219. The summed E-state index contributed by atoms with van der Waals surface area (Å²) in [4.78, 5) is 21.0. The highest BCUT2D eigenvalue weighted by molar-refractivity contribution is 7.80. The van der Waals surface area contributed by atoms with E-state index in [1.807, 2.05) is 0 Å². The van der Waals surface area contributed by atoms with Crippen LogP contribution in [-0.4, -0.2) is 30.6 Å². The van der Waals surface area contributed by atoms with Gasteiger partial charge in [0.05, 0.1) is 0 Å². The van der Waals surface area contributed by atoms with Crippen LogP contribution >= 0.6 is 12.2 Å². The second-order valence-electron chi connectivity index (χ2n) is 1.97. The fraction of sp³-hybridized carbons (Fsp3) is 0.400. The van der Waals surface area contributed by atoms with Gasteiger partial charge in [-0.15, -0.1) is 0 Å². The minimum atomic E-state index is -0.758. The summed E-state index contributed by atoms with van der Waals surface area (Å²) in [6.07, 6.45) is 0. The van der Waals surface area contributed by atoms with Crippen molar-refractivity contribution in [3.63, 3.8) is 0 Å². The third-order valence-electron chi connectivity index (χ3n) is 0.966. The molecule has 6 N–H and O–H groups in total. The van der Waals surface area contributed by atoms with Gasteiger partial charge in [0.25, 0.3) is 5.91 Å². The van der Waals surface area contributed by atoms with Crippen LogP contribution < -0.4 is 27.2 Å². The Hall–Kier alpha value is -1.57. The number of rotatable bonds is 2. The molecule has 0 aromatic carbocycles. The van der Waals surface area contributed by atoms with Crippen LogP contribution in [0.1, 0.15) is 0 Å². The Balaban J connectivity index is 3.52. The third kappa shape index (κ3) is 6.81. The van der Waals surface area contributed by atoms with Gasteiger partial charge in [0.2, 0.25) is 0 Å². The van der Waals surface area contributed by atoms with Gasteiger partial charge in [-0.1, -0.05) is 0 Å². The fourth-order valence-corrected chi connectivity index (χ4v) is 0.452. The number of nitrogens with two attached hydrogens (primary N) is 1. The molecule has 0 spiro atoms. The van der Waals surface area contributed by atoms with Crippen LogP contribution in [-0.2, 0) is 4.79 Å². The molecule has 0 bridgehead atoms. The third-order valence-corrected chi connectivity index (χ3v) is 1.27. The molecule has 0 aliphatic rings. The normalized spacial score (nSPS) is 8.38. The molecule has 3 amide bonds. The van der Waals surface area contributed by atoms with E-state index in [2.05, 4.69) is 33.7 Å². The van der Waals surface area contributed by atoms with Gasteiger partial charge < -0.3 is 16.4 Å². The lowest BCUT2D eigenvalue weighted by Gasteiger charge is -2.08. The predicted octanol–water partition coefficient (Wildman–Crippen LogP) is -2.22. The van der Waals surface area contributed by atoms with Crippen LogP contribution in [0.5, 0.6) is 0 Å². The van der Waals surface area contributed by atoms with Crippen molar-refractivity contribution in [2.75, 3.05) is 13.6 Å². The highest BCUT2D eigenvalue weighted by Crippen LogP contribution is 1.62. The molecule has 0 rings (SSSR count). The van der Waals surface area contributed by atoms with Crippen LogP contribution in [0, 0.1) is 0 Å². The van der Waals surface area contributed by atoms with E-state index < -0.39 is 11.9 Å². The van der Waals surface area contributed by atoms with Gasteiger partial charge in [0.1, 0.15) is 6.54 Å². The molecule has 0 heterocycles. The SMILES string of the molecule is CNC(=S)NNC(=O)CNC(N)=O. The number of nitrogens with one attached hydrogen (secondary N) is 4. The lowest BCUT2D eigenvalue weighted by atomic mass is 10.6. The summed E-state index contributed by atoms with van der Waals surface area (Å²) < 4.78 is 0. The van der Waals surface area contributed by atoms with Crippen molar-refractivity contribution >= 4 is 29.3 Å². The van der Waals surface area contributed by atoms with Crippen molar-refractivity contribution in [3.8, 4) is 0 Å². The predicted molar refractivity (Wildman–Crippen MR) is 50.5 cm³/mol. The Kier molecular flexibility index (Phi) is 5.28. The maximum Gasteiger partial charge on any atom is 0.312 e. The average molecular weight is 205 g/mol. The first kappa shape index (κ1) is 11.4. The molecule has 0 saturated carbocycles. The molecule has 0 aromatic rings. The smallest absolute Gasteiger partial charge is 0.312 e. The lowest BCUT2D eigenvalue weighted by molar-refractivity contribution is -0.120. The van der Waals surface area contributed by atoms with Crippen molar-refractivity contribution in [2.24, 2.45) is 5.73 Å². The summed E-state index contributed by atoms with van der Waals surface area (Å²) in [5.41, 5.74) is 9.34. The van der Waals surface area contributed by atoms with E-state index in [1.165, 1.54) is 0 Å². The highest BCUT2D eigenvalue weighted by atomic mass is 32.1. The minimum absolute atomic E-state index is 0.200. The zero-order valence-corrected chi connectivity index (χ0v) is 7.83. The molecule has 0 aromatic heterocycles. The highest BCUT2D eigenvalue weighted by Gasteiger charge is 2.01. The van der Waals surface area contributed by atoms with Gasteiger partial charge >= 0.3 is 6.03 Å². The van der Waals surface area contributed by atoms with Crippen molar-refractivity contribution in [1.29, 1.82) is 0 Å². The van der Waals surface area contributed by atoms with Gasteiger partial charge in [-0.2, -0.15) is 0 Å². The minimum Gasteiger partial charge on any atom is -0.364 e. The topological polar surface area (TPSA) is 108 Å². The number of hydrogen-bond acceptors (Lipinski definition) is 3. The number of hydrogen-bond donors (Lipinski definition) is 5. The monoisotopic (exact) mass is 205 g/mol. The first-order valence-corrected chi connectivity index (χ1v) is 3.77. The van der Waals surface area contributed by atoms with E-state index in [4.69, 9.17) is 5.73 Å². The molecule has 7 nitrogen and oxygen atoms in total. The zero-order valence-electron chi connectivity index (χ0n) is 7.01. The maximum atomic E-state index is 10.8. The molecule has 74 valence electrons. The molecular formula is C5H11N5O2S. The molecule has 0 fully saturated rings. The molecule has 0 atom stereocenters. The summed E-state index contributed by atoms with van der Waals surface area (Å²) in [6.45, 7) is -0.200. The molecule has 0 saturated heterocycles. The number of amides is 3. The molecule has 0 unspecified atom stereocenters. The second-order valence-corrected chi connectivity index (χ2v) is 2.38. The number of primary amides is 1. The number of carbonyl (C=O) groups excluding carboxylic acids is 2. The Morgan fingerprint density at radius 3 is 2.46 bits per heavy atom. The number of thiocarbonyl (C=S) groups is 1. The van der Waals surface area contributed by atoms with Crippen molar-refractivity contribution in [2.45, 2.75) is 0 Å². The summed E-state index contributed by atoms with van der Waals surface area (Å²) in [6, 6.07) is -0.758. The number of carbonyl (C=O) groups is 2. The first-order valence-electron chi connectivity index (χ1n) is 3.36. The maximum absolute atomic E-state index is 10.8. The van der Waals surface area contributed by atoms with Crippen molar-refractivity contribution < 1.29 is 9.59 Å². The second kappa shape index (κ2) is 6.00. The summed E-state index contributed by atoms with van der Waals surface area (Å²) in [5.74, 6) is -0.448. The van der Waals surface area contributed by atoms with Gasteiger partial charge in [0.15, 0.2) is 5.11 Å². The van der Waals surface area contributed by atoms with E-state index in [0.29, 0.717) is 0 Å². The lowest BCUT2D eigenvalue weighted by Crippen LogP contribution is -2.49. The van der Waals surface area contributed by atoms with Crippen molar-refractivity contribution in [1.82, 2.24) is 21.5 Å². The summed E-state index contributed by atoms with van der Waals surface area (Å²) >= 11 is 4.66. The van der Waals surface area contributed by atoms with Gasteiger partial charge in [-0.3, -0.25) is 15.6 Å². The molecular weight excluding hydrogens is 194 g/mol. The van der Waals surface area contributed by atoms with Gasteiger partial charge in [-0.05, 0) is 12.2 Å². The van der Waals surface area contributed by atoms with Gasteiger partial charge in [0, 0.05) is 7.05 Å². The van der Waals surface area contributed by atoms with Crippen LogP contribution in [0.4, 0.5) is 4.79 Å². The molecule has 0 aliphatic heterocycles. The number of urea groups is 1. The number of hydrazine groups is 1. The van der Waals surface area contributed by atoms with Crippen LogP contribution in [0.3, 0.4) is 0 Å². The van der Waals surface area contributed by atoms with E-state index in [-0.39, 0.29) is 11.7 Å². The van der Waals surface area contributed by atoms with E-state index in [1.54, 1.807) is 7.05 Å².